The molecule has 0 saturated carbocycles. The summed E-state index contributed by atoms with van der Waals surface area (Å²) >= 11 is 0. The first kappa shape index (κ1) is 14.8. The van der Waals surface area contributed by atoms with Gasteiger partial charge in [-0.05, 0) is 12.3 Å². The van der Waals surface area contributed by atoms with Gasteiger partial charge in [0, 0.05) is 27.8 Å². The van der Waals surface area contributed by atoms with E-state index in [0.717, 1.165) is 12.8 Å². The zero-order valence-corrected chi connectivity index (χ0v) is 11.3. The van der Waals surface area contributed by atoms with Gasteiger partial charge in [-0.25, -0.2) is 0 Å². The summed E-state index contributed by atoms with van der Waals surface area (Å²) in [6, 6.07) is 0. The summed E-state index contributed by atoms with van der Waals surface area (Å²) in [6.45, 7) is 4.27. The molecule has 0 saturated heterocycles. The van der Waals surface area contributed by atoms with E-state index in [2.05, 4.69) is 13.8 Å². The maximum atomic E-state index is 11.8. The molecule has 15 heavy (non-hydrogen) atoms. The average molecular weight is 234 g/mol. The molecule has 0 aromatic rings. The fourth-order valence-corrected chi connectivity index (χ4v) is 3.08. The van der Waals surface area contributed by atoms with Crippen LogP contribution >= 0.6 is 0 Å². The van der Waals surface area contributed by atoms with Gasteiger partial charge >= 0.3 is 8.80 Å². The van der Waals surface area contributed by atoms with Crippen LogP contribution in [0.25, 0.3) is 0 Å². The van der Waals surface area contributed by atoms with Gasteiger partial charge in [-0.15, -0.1) is 0 Å². The van der Waals surface area contributed by atoms with E-state index in [0.29, 0.717) is 12.3 Å². The van der Waals surface area contributed by atoms with E-state index in [1.165, 1.54) is 21.3 Å². The highest BCUT2D eigenvalue weighted by Crippen LogP contribution is 2.14. The summed E-state index contributed by atoms with van der Waals surface area (Å²) in [4.78, 5) is 11.8. The Morgan fingerprint density at radius 1 is 1.13 bits per heavy atom. The van der Waals surface area contributed by atoms with Crippen LogP contribution in [0.1, 0.15) is 33.1 Å². The Morgan fingerprint density at radius 2 is 1.60 bits per heavy atom. The number of rotatable bonds is 8. The van der Waals surface area contributed by atoms with Crippen molar-refractivity contribution in [1.29, 1.82) is 0 Å². The third-order valence-corrected chi connectivity index (χ3v) is 4.88. The molecule has 0 rings (SSSR count). The fourth-order valence-electron chi connectivity index (χ4n) is 1.42. The molecule has 0 bridgehead atoms. The Bertz CT molecular complexity index is 182. The lowest BCUT2D eigenvalue weighted by atomic mass is 10.1. The third-order valence-electron chi connectivity index (χ3n) is 2.33. The monoisotopic (exact) mass is 234 g/mol. The van der Waals surface area contributed by atoms with Gasteiger partial charge in [0.1, 0.15) is 0 Å². The SMILES string of the molecule is CO[Si](OC)(OC)C(=O)CCCC(C)C. The van der Waals surface area contributed by atoms with Crippen molar-refractivity contribution in [2.24, 2.45) is 5.92 Å². The van der Waals surface area contributed by atoms with E-state index in [9.17, 15) is 4.79 Å². The van der Waals surface area contributed by atoms with Crippen molar-refractivity contribution in [1.82, 2.24) is 0 Å². The molecule has 5 heteroatoms. The molecular formula is C10H22O4Si. The van der Waals surface area contributed by atoms with E-state index in [-0.39, 0.29) is 5.41 Å². The van der Waals surface area contributed by atoms with E-state index in [1.54, 1.807) is 0 Å². The highest BCUT2D eigenvalue weighted by Gasteiger charge is 2.46. The van der Waals surface area contributed by atoms with Gasteiger partial charge in [0.05, 0.1) is 0 Å². The molecule has 0 aromatic carbocycles. The molecular weight excluding hydrogens is 212 g/mol. The van der Waals surface area contributed by atoms with Crippen LogP contribution in [-0.2, 0) is 18.1 Å². The Hall–Kier alpha value is -0.233. The lowest BCUT2D eigenvalue weighted by molar-refractivity contribution is -0.118. The summed E-state index contributed by atoms with van der Waals surface area (Å²) in [7, 11) is 1.34. The minimum Gasteiger partial charge on any atom is -0.372 e. The molecule has 0 N–H and O–H groups in total. The normalized spacial score (nSPS) is 12.1. The van der Waals surface area contributed by atoms with Crippen LogP contribution in [0.5, 0.6) is 0 Å². The van der Waals surface area contributed by atoms with E-state index >= 15 is 0 Å². The molecule has 0 fully saturated rings. The van der Waals surface area contributed by atoms with E-state index in [1.807, 2.05) is 0 Å². The van der Waals surface area contributed by atoms with Crippen LogP contribution in [0.3, 0.4) is 0 Å². The number of carbonyl (C=O) groups is 1. The Labute approximate surface area is 93.3 Å². The molecule has 0 aliphatic heterocycles. The molecule has 0 unspecified atom stereocenters. The Kier molecular flexibility index (Phi) is 7.00. The molecule has 0 radical (unpaired) electrons. The van der Waals surface area contributed by atoms with Crippen molar-refractivity contribution in [3.8, 4) is 0 Å². The Morgan fingerprint density at radius 3 is 1.93 bits per heavy atom. The zero-order valence-electron chi connectivity index (χ0n) is 10.3. The molecule has 0 heterocycles. The van der Waals surface area contributed by atoms with Crippen LogP contribution in [0.2, 0.25) is 0 Å². The summed E-state index contributed by atoms with van der Waals surface area (Å²) in [5, 5.41) is -0.0318. The molecule has 0 spiro atoms. The first-order chi connectivity index (χ1) is 7.02. The molecule has 0 aliphatic carbocycles. The van der Waals surface area contributed by atoms with Gasteiger partial charge in [-0.2, -0.15) is 0 Å². The number of carbonyl (C=O) groups excluding carboxylic acids is 1. The van der Waals surface area contributed by atoms with Crippen molar-refractivity contribution in [2.75, 3.05) is 21.3 Å². The molecule has 0 aliphatic rings. The van der Waals surface area contributed by atoms with Crippen molar-refractivity contribution in [3.05, 3.63) is 0 Å². The van der Waals surface area contributed by atoms with Crippen LogP contribution in [-0.4, -0.2) is 35.5 Å². The second kappa shape index (κ2) is 7.11. The van der Waals surface area contributed by atoms with Crippen molar-refractivity contribution in [2.45, 2.75) is 33.1 Å². The minimum absolute atomic E-state index is 0.0318. The number of hydrogen-bond acceptors (Lipinski definition) is 4. The van der Waals surface area contributed by atoms with E-state index in [4.69, 9.17) is 13.3 Å². The molecule has 4 nitrogen and oxygen atoms in total. The van der Waals surface area contributed by atoms with Gasteiger partial charge < -0.3 is 13.3 Å². The third kappa shape index (κ3) is 4.42. The smallest absolute Gasteiger partial charge is 0.372 e. The van der Waals surface area contributed by atoms with Crippen LogP contribution in [0.4, 0.5) is 0 Å². The Balaban J connectivity index is 4.15. The second-order valence-electron chi connectivity index (χ2n) is 3.88. The minimum atomic E-state index is -3.03. The predicted molar refractivity (Wildman–Crippen MR) is 60.5 cm³/mol. The van der Waals surface area contributed by atoms with Gasteiger partial charge in [-0.3, -0.25) is 4.79 Å². The standard InChI is InChI=1S/C10H22O4Si/c1-9(2)7-6-8-10(11)15(12-3,13-4)14-5/h9H,6-8H2,1-5H3. The van der Waals surface area contributed by atoms with E-state index < -0.39 is 8.80 Å². The molecule has 0 amide bonds. The quantitative estimate of drug-likeness (QED) is 0.601. The lowest BCUT2D eigenvalue weighted by Crippen LogP contribution is -2.51. The zero-order chi connectivity index (χ0) is 11.9. The largest absolute Gasteiger partial charge is 0.573 e. The van der Waals surface area contributed by atoms with Crippen molar-refractivity contribution in [3.63, 3.8) is 0 Å². The van der Waals surface area contributed by atoms with Crippen LogP contribution in [0.15, 0.2) is 0 Å². The summed E-state index contributed by atoms with van der Waals surface area (Å²) < 4.78 is 15.3. The maximum absolute atomic E-state index is 11.8. The van der Waals surface area contributed by atoms with Gasteiger partial charge in [-0.1, -0.05) is 20.3 Å². The van der Waals surface area contributed by atoms with Gasteiger partial charge in [0.15, 0.2) is 0 Å². The highest BCUT2D eigenvalue weighted by atomic mass is 28.4. The lowest BCUT2D eigenvalue weighted by Gasteiger charge is -2.22. The average Bonchev–Trinajstić information content (AvgIpc) is 2.21. The summed E-state index contributed by atoms with van der Waals surface area (Å²) in [5.74, 6) is 0.613. The number of hydrogen-bond donors (Lipinski definition) is 0. The van der Waals surface area contributed by atoms with Crippen LogP contribution < -0.4 is 0 Å². The van der Waals surface area contributed by atoms with Crippen molar-refractivity contribution >= 4 is 14.2 Å². The highest BCUT2D eigenvalue weighted by molar-refractivity contribution is 6.92. The summed E-state index contributed by atoms with van der Waals surface area (Å²) in [5.41, 5.74) is 0. The second-order valence-corrected chi connectivity index (χ2v) is 6.77. The molecule has 0 aromatic heterocycles. The summed E-state index contributed by atoms with van der Waals surface area (Å²) in [6.07, 6.45) is 2.37. The maximum Gasteiger partial charge on any atom is 0.573 e. The van der Waals surface area contributed by atoms with Gasteiger partial charge in [0.25, 0.3) is 0 Å². The van der Waals surface area contributed by atoms with Gasteiger partial charge in [0.2, 0.25) is 5.41 Å². The topological polar surface area (TPSA) is 44.8 Å². The first-order valence-electron chi connectivity index (χ1n) is 5.21. The van der Waals surface area contributed by atoms with Crippen LogP contribution in [0, 0.1) is 5.92 Å². The fraction of sp³-hybridized carbons (Fsp3) is 0.900. The molecule has 0 atom stereocenters. The molecule has 90 valence electrons. The first-order valence-corrected chi connectivity index (χ1v) is 6.93. The predicted octanol–water partition coefficient (Wildman–Crippen LogP) is 1.80. The van der Waals surface area contributed by atoms with Crippen molar-refractivity contribution < 1.29 is 18.1 Å².